The van der Waals surface area contributed by atoms with Crippen molar-refractivity contribution < 1.29 is 23.8 Å². The molecule has 0 aliphatic carbocycles. The number of hydrogen-bond acceptors (Lipinski definition) is 5. The molecule has 1 unspecified atom stereocenters. The van der Waals surface area contributed by atoms with Crippen LogP contribution in [0.25, 0.3) is 0 Å². The molecule has 58 heavy (non-hydrogen) atoms. The van der Waals surface area contributed by atoms with Gasteiger partial charge >= 0.3 is 11.9 Å². The van der Waals surface area contributed by atoms with Crippen molar-refractivity contribution in [3.8, 4) is 0 Å². The van der Waals surface area contributed by atoms with Crippen LogP contribution in [0.5, 0.6) is 0 Å². The summed E-state index contributed by atoms with van der Waals surface area (Å²) in [4.78, 5) is 25.3. The van der Waals surface area contributed by atoms with Crippen LogP contribution < -0.4 is 0 Å². The first-order valence-corrected chi connectivity index (χ1v) is 24.5. The molecule has 0 radical (unpaired) electrons. The van der Waals surface area contributed by atoms with E-state index < -0.39 is 6.10 Å². The summed E-state index contributed by atoms with van der Waals surface area (Å²) in [5.41, 5.74) is 0. The third-order valence-electron chi connectivity index (χ3n) is 10.2. The van der Waals surface area contributed by atoms with Crippen LogP contribution >= 0.6 is 0 Å². The van der Waals surface area contributed by atoms with E-state index in [0.717, 1.165) is 77.0 Å². The number of unbranched alkanes of at least 4 members (excludes halogenated alkanes) is 21. The van der Waals surface area contributed by atoms with E-state index in [1.165, 1.54) is 116 Å². The molecule has 0 aromatic heterocycles. The lowest BCUT2D eigenvalue weighted by molar-refractivity contribution is -0.162. The Morgan fingerprint density at radius 2 is 0.776 bits per heavy atom. The second-order valence-electron chi connectivity index (χ2n) is 16.0. The molecule has 0 aliphatic heterocycles. The van der Waals surface area contributed by atoms with Crippen LogP contribution in [0.15, 0.2) is 72.9 Å². The first-order chi connectivity index (χ1) is 28.6. The Labute approximate surface area is 359 Å². The van der Waals surface area contributed by atoms with Gasteiger partial charge in [-0.1, -0.05) is 209 Å². The maximum atomic E-state index is 12.7. The molecule has 0 spiro atoms. The molecule has 0 fully saturated rings. The fraction of sp³-hybridized carbons (Fsp3) is 0.736. The predicted molar refractivity (Wildman–Crippen MR) is 251 cm³/mol. The lowest BCUT2D eigenvalue weighted by Crippen LogP contribution is -2.30. The largest absolute Gasteiger partial charge is 0.462 e. The minimum absolute atomic E-state index is 0.0530. The minimum Gasteiger partial charge on any atom is -0.462 e. The average molecular weight is 809 g/mol. The highest BCUT2D eigenvalue weighted by molar-refractivity contribution is 5.70. The van der Waals surface area contributed by atoms with Crippen LogP contribution in [0.1, 0.15) is 226 Å². The van der Waals surface area contributed by atoms with E-state index >= 15 is 0 Å². The molecule has 0 saturated heterocycles. The zero-order valence-electron chi connectivity index (χ0n) is 38.3. The molecular weight excluding hydrogens is 717 g/mol. The fourth-order valence-electron chi connectivity index (χ4n) is 6.63. The van der Waals surface area contributed by atoms with Crippen LogP contribution in [0.4, 0.5) is 0 Å². The molecule has 0 amide bonds. The average Bonchev–Trinajstić information content (AvgIpc) is 3.22. The van der Waals surface area contributed by atoms with Gasteiger partial charge in [0.25, 0.3) is 0 Å². The van der Waals surface area contributed by atoms with E-state index in [2.05, 4.69) is 93.7 Å². The topological polar surface area (TPSA) is 61.8 Å². The molecule has 5 heteroatoms. The summed E-state index contributed by atoms with van der Waals surface area (Å²) in [7, 11) is 0. The van der Waals surface area contributed by atoms with Gasteiger partial charge in [-0.25, -0.2) is 0 Å². The van der Waals surface area contributed by atoms with E-state index in [0.29, 0.717) is 19.4 Å². The highest BCUT2D eigenvalue weighted by Gasteiger charge is 2.17. The number of ether oxygens (including phenoxy) is 3. The number of carbonyl (C=O) groups excluding carboxylic acids is 2. The summed E-state index contributed by atoms with van der Waals surface area (Å²) in [6, 6.07) is 0. The van der Waals surface area contributed by atoms with Crippen molar-refractivity contribution in [2.45, 2.75) is 232 Å². The zero-order chi connectivity index (χ0) is 42.1. The number of rotatable bonds is 44. The summed E-state index contributed by atoms with van der Waals surface area (Å²) in [6.07, 6.45) is 62.1. The van der Waals surface area contributed by atoms with Gasteiger partial charge in [0.1, 0.15) is 6.61 Å². The zero-order valence-corrected chi connectivity index (χ0v) is 38.3. The van der Waals surface area contributed by atoms with Crippen molar-refractivity contribution in [2.75, 3.05) is 19.8 Å². The lowest BCUT2D eigenvalue weighted by Gasteiger charge is -2.18. The van der Waals surface area contributed by atoms with Crippen molar-refractivity contribution in [1.82, 2.24) is 0 Å². The van der Waals surface area contributed by atoms with Crippen LogP contribution in [0.3, 0.4) is 0 Å². The van der Waals surface area contributed by atoms with Crippen LogP contribution in [0.2, 0.25) is 0 Å². The van der Waals surface area contributed by atoms with E-state index in [-0.39, 0.29) is 25.2 Å². The smallest absolute Gasteiger partial charge is 0.306 e. The third-order valence-corrected chi connectivity index (χ3v) is 10.2. The minimum atomic E-state index is -0.575. The Hall–Kier alpha value is -2.66. The Morgan fingerprint density at radius 3 is 1.24 bits per heavy atom. The molecule has 334 valence electrons. The molecule has 0 aliphatic rings. The Kier molecular flexibility index (Phi) is 46.5. The van der Waals surface area contributed by atoms with Crippen molar-refractivity contribution >= 4 is 11.9 Å². The molecule has 5 nitrogen and oxygen atoms in total. The van der Waals surface area contributed by atoms with E-state index in [1.807, 2.05) is 0 Å². The molecule has 0 aromatic rings. The summed E-state index contributed by atoms with van der Waals surface area (Å²) >= 11 is 0. The van der Waals surface area contributed by atoms with Crippen molar-refractivity contribution in [3.05, 3.63) is 72.9 Å². The van der Waals surface area contributed by atoms with Gasteiger partial charge in [0.2, 0.25) is 0 Å². The summed E-state index contributed by atoms with van der Waals surface area (Å²) in [5.74, 6) is -0.443. The predicted octanol–water partition coefficient (Wildman–Crippen LogP) is 16.3. The third kappa shape index (κ3) is 46.0. The van der Waals surface area contributed by atoms with Crippen molar-refractivity contribution in [1.29, 1.82) is 0 Å². The van der Waals surface area contributed by atoms with Crippen LogP contribution in [-0.4, -0.2) is 37.9 Å². The van der Waals surface area contributed by atoms with Crippen molar-refractivity contribution in [3.63, 3.8) is 0 Å². The lowest BCUT2D eigenvalue weighted by atomic mass is 10.1. The molecular formula is C53H92O5. The van der Waals surface area contributed by atoms with Gasteiger partial charge in [0.15, 0.2) is 6.10 Å². The van der Waals surface area contributed by atoms with E-state index in [4.69, 9.17) is 14.2 Å². The van der Waals surface area contributed by atoms with Gasteiger partial charge in [-0.05, 0) is 77.0 Å². The molecule has 0 saturated carbocycles. The van der Waals surface area contributed by atoms with Gasteiger partial charge in [-0.15, -0.1) is 0 Å². The highest BCUT2D eigenvalue weighted by atomic mass is 16.6. The van der Waals surface area contributed by atoms with Crippen LogP contribution in [-0.2, 0) is 23.8 Å². The number of allylic oxidation sites excluding steroid dienone is 11. The SMILES string of the molecule is CC/C=C\C/C=C\C/C=C\C/C=C\C/C=C\CCOCC(COC(=O)CCCCCCCCC/C=C\CCCCCCCC)OC(=O)CCCCCCCCCCC. The second kappa shape index (κ2) is 48.7. The van der Waals surface area contributed by atoms with Crippen molar-refractivity contribution in [2.24, 2.45) is 0 Å². The molecule has 0 bridgehead atoms. The first-order valence-electron chi connectivity index (χ1n) is 24.5. The van der Waals surface area contributed by atoms with E-state index in [1.54, 1.807) is 0 Å². The molecule has 1 atom stereocenters. The second-order valence-corrected chi connectivity index (χ2v) is 16.0. The monoisotopic (exact) mass is 809 g/mol. The Morgan fingerprint density at radius 1 is 0.397 bits per heavy atom. The normalized spacial score (nSPS) is 12.8. The highest BCUT2D eigenvalue weighted by Crippen LogP contribution is 2.14. The van der Waals surface area contributed by atoms with Gasteiger partial charge in [0, 0.05) is 12.8 Å². The summed E-state index contributed by atoms with van der Waals surface area (Å²) in [5, 5.41) is 0. The summed E-state index contributed by atoms with van der Waals surface area (Å²) in [6.45, 7) is 7.49. The quantitative estimate of drug-likeness (QED) is 0.0348. The molecule has 0 aromatic carbocycles. The molecule has 0 N–H and O–H groups in total. The Balaban J connectivity index is 4.30. The number of hydrogen-bond donors (Lipinski definition) is 0. The number of carbonyl (C=O) groups is 2. The maximum Gasteiger partial charge on any atom is 0.306 e. The Bertz CT molecular complexity index is 1050. The summed E-state index contributed by atoms with van der Waals surface area (Å²) < 4.78 is 17.2. The maximum absolute atomic E-state index is 12.7. The fourth-order valence-corrected chi connectivity index (χ4v) is 6.63. The standard InChI is InChI=1S/C53H92O5/c1-4-7-10-13-16-19-21-23-25-27-28-30-32-35-37-40-43-46-52(54)57-50-51(58-53(55)47-44-41-38-34-18-15-12-9-6-3)49-56-48-45-42-39-36-33-31-29-26-24-22-20-17-14-11-8-5-2/h8,11,17,20,23-26,31,33,39,42,51H,4-7,9-10,12-16,18-19,21-22,27-30,32,34-38,40-41,43-50H2,1-3H3/b11-8-,20-17-,25-23-,26-24-,33-31-,42-39-. The molecule has 0 rings (SSSR count). The number of esters is 2. The molecule has 0 heterocycles. The van der Waals surface area contributed by atoms with E-state index in [9.17, 15) is 9.59 Å². The van der Waals surface area contributed by atoms with Gasteiger partial charge < -0.3 is 14.2 Å². The van der Waals surface area contributed by atoms with Gasteiger partial charge in [0.05, 0.1) is 13.2 Å². The van der Waals surface area contributed by atoms with Gasteiger partial charge in [-0.2, -0.15) is 0 Å². The van der Waals surface area contributed by atoms with Crippen LogP contribution in [0, 0.1) is 0 Å². The van der Waals surface area contributed by atoms with Gasteiger partial charge in [-0.3, -0.25) is 9.59 Å². The first kappa shape index (κ1) is 55.3.